The first-order valence-corrected chi connectivity index (χ1v) is 13.6. The Balaban J connectivity index is 2.22. The van der Waals surface area contributed by atoms with Crippen LogP contribution in [0, 0.1) is 11.8 Å². The molecule has 0 aromatic rings. The molecule has 0 radical (unpaired) electrons. The van der Waals surface area contributed by atoms with Crippen LogP contribution in [0.15, 0.2) is 0 Å². The molecule has 210 valence electrons. The summed E-state index contributed by atoms with van der Waals surface area (Å²) in [5, 5.41) is 3.30. The third kappa shape index (κ3) is 8.15. The van der Waals surface area contributed by atoms with Crippen molar-refractivity contribution in [2.24, 2.45) is 23.3 Å². The van der Waals surface area contributed by atoms with Crippen LogP contribution in [-0.4, -0.2) is 94.6 Å². The molecule has 2 rings (SSSR count). The van der Waals surface area contributed by atoms with E-state index in [9.17, 15) is 24.0 Å². The van der Waals surface area contributed by atoms with E-state index in [1.807, 2.05) is 0 Å². The van der Waals surface area contributed by atoms with Crippen molar-refractivity contribution in [3.8, 4) is 0 Å². The van der Waals surface area contributed by atoms with Crippen molar-refractivity contribution in [3.63, 3.8) is 0 Å². The molecule has 0 saturated carbocycles. The van der Waals surface area contributed by atoms with E-state index in [1.165, 1.54) is 9.80 Å². The van der Waals surface area contributed by atoms with E-state index in [-0.39, 0.29) is 43.8 Å². The summed E-state index contributed by atoms with van der Waals surface area (Å²) in [7, 11) is 0. The molecule has 5 amide bonds. The lowest BCUT2D eigenvalue weighted by atomic mass is 9.96. The predicted molar refractivity (Wildman–Crippen MR) is 140 cm³/mol. The molecule has 0 aromatic carbocycles. The van der Waals surface area contributed by atoms with Crippen molar-refractivity contribution in [3.05, 3.63) is 0 Å². The molecule has 0 unspecified atom stereocenters. The third-order valence-electron chi connectivity index (χ3n) is 7.38. The van der Waals surface area contributed by atoms with Crippen molar-refractivity contribution in [1.82, 2.24) is 20.0 Å². The minimum atomic E-state index is -0.965. The van der Waals surface area contributed by atoms with Gasteiger partial charge in [-0.25, -0.2) is 0 Å². The topological polar surface area (TPSA) is 159 Å². The van der Waals surface area contributed by atoms with Crippen LogP contribution in [0.25, 0.3) is 0 Å². The number of primary amides is 2. The number of amides is 5. The second kappa shape index (κ2) is 13.7. The molecule has 11 nitrogen and oxygen atoms in total. The molecule has 0 aromatic heterocycles. The number of carbonyl (C=O) groups is 5. The molecular formula is C26H46N6O5. The lowest BCUT2D eigenvalue weighted by Crippen LogP contribution is -2.66. The lowest BCUT2D eigenvalue weighted by Gasteiger charge is -2.45. The number of hydrogen-bond acceptors (Lipinski definition) is 6. The van der Waals surface area contributed by atoms with Gasteiger partial charge in [0, 0.05) is 32.6 Å². The molecule has 2 saturated heterocycles. The average Bonchev–Trinajstić information content (AvgIpc) is 2.81. The first kappa shape index (κ1) is 30.5. The SMILES string of the molecule is CC(C)CC[C@@H]1NCCN([C@@H](CCC(C)C)C(=O)N2CCN([C@@H](CCC(N)=O)C(N)=O)C(=O)[C@@H]2C)C1=O. The Morgan fingerprint density at radius 2 is 1.49 bits per heavy atom. The largest absolute Gasteiger partial charge is 0.370 e. The van der Waals surface area contributed by atoms with Crippen molar-refractivity contribution in [2.45, 2.75) is 97.3 Å². The number of nitrogens with two attached hydrogens (primary N) is 2. The molecule has 4 atom stereocenters. The number of piperazine rings is 2. The van der Waals surface area contributed by atoms with Crippen molar-refractivity contribution in [2.75, 3.05) is 26.2 Å². The highest BCUT2D eigenvalue weighted by atomic mass is 16.2. The van der Waals surface area contributed by atoms with Crippen LogP contribution in [0.2, 0.25) is 0 Å². The van der Waals surface area contributed by atoms with Crippen molar-refractivity contribution in [1.29, 1.82) is 0 Å². The summed E-state index contributed by atoms with van der Waals surface area (Å²) in [5.74, 6) is -1.19. The van der Waals surface area contributed by atoms with Crippen LogP contribution in [0.4, 0.5) is 0 Å². The molecule has 2 heterocycles. The number of rotatable bonds is 13. The summed E-state index contributed by atoms with van der Waals surface area (Å²) in [4.78, 5) is 68.5. The van der Waals surface area contributed by atoms with Gasteiger partial charge in [-0.3, -0.25) is 24.0 Å². The maximum atomic E-state index is 13.9. The zero-order valence-electron chi connectivity index (χ0n) is 23.1. The Hall–Kier alpha value is -2.69. The summed E-state index contributed by atoms with van der Waals surface area (Å²) in [6.45, 7) is 11.4. The molecular weight excluding hydrogens is 476 g/mol. The second-order valence-corrected chi connectivity index (χ2v) is 11.2. The van der Waals surface area contributed by atoms with Gasteiger partial charge in [0.15, 0.2) is 0 Å². The first-order chi connectivity index (χ1) is 17.3. The quantitative estimate of drug-likeness (QED) is 0.313. The van der Waals surface area contributed by atoms with Gasteiger partial charge >= 0.3 is 0 Å². The van der Waals surface area contributed by atoms with Crippen molar-refractivity contribution >= 4 is 29.5 Å². The Morgan fingerprint density at radius 1 is 0.865 bits per heavy atom. The molecule has 0 bridgehead atoms. The fraction of sp³-hybridized carbons (Fsp3) is 0.808. The Kier molecular flexibility index (Phi) is 11.3. The maximum absolute atomic E-state index is 13.9. The summed E-state index contributed by atoms with van der Waals surface area (Å²) < 4.78 is 0. The zero-order valence-corrected chi connectivity index (χ0v) is 23.1. The van der Waals surface area contributed by atoms with Gasteiger partial charge in [-0.1, -0.05) is 27.7 Å². The highest BCUT2D eigenvalue weighted by Crippen LogP contribution is 2.23. The number of nitrogens with zero attached hydrogens (tertiary/aromatic N) is 3. The van der Waals surface area contributed by atoms with Crippen LogP contribution in [0.1, 0.15) is 73.1 Å². The van der Waals surface area contributed by atoms with Gasteiger partial charge in [0.25, 0.3) is 0 Å². The number of carbonyl (C=O) groups excluding carboxylic acids is 5. The van der Waals surface area contributed by atoms with E-state index in [0.717, 1.165) is 12.8 Å². The lowest BCUT2D eigenvalue weighted by molar-refractivity contribution is -0.160. The number of nitrogens with one attached hydrogen (secondary N) is 1. The monoisotopic (exact) mass is 522 g/mol. The van der Waals surface area contributed by atoms with E-state index in [0.29, 0.717) is 37.8 Å². The molecule has 11 heteroatoms. The van der Waals surface area contributed by atoms with Crippen LogP contribution >= 0.6 is 0 Å². The molecule has 5 N–H and O–H groups in total. The minimum Gasteiger partial charge on any atom is -0.370 e. The molecule has 0 aliphatic carbocycles. The highest BCUT2D eigenvalue weighted by Gasteiger charge is 2.43. The summed E-state index contributed by atoms with van der Waals surface area (Å²) in [6.07, 6.45) is 2.87. The minimum absolute atomic E-state index is 0.0428. The van der Waals surface area contributed by atoms with E-state index in [1.54, 1.807) is 11.8 Å². The summed E-state index contributed by atoms with van der Waals surface area (Å²) in [6, 6.07) is -2.76. The van der Waals surface area contributed by atoms with Gasteiger partial charge in [-0.15, -0.1) is 0 Å². The smallest absolute Gasteiger partial charge is 0.246 e. The standard InChI is InChI=1S/C26H46N6O5/c1-16(2)6-8-19-25(36)31(13-12-29-19)21(9-7-17(3)4)26(37)30-14-15-32(24(35)18(30)5)20(23(28)34)10-11-22(27)33/h16-21,29H,6-15H2,1-5H3,(H2,27,33)(H2,28,34)/t18-,19-,20-,21-/m0/s1. The normalized spacial score (nSPS) is 22.5. The molecule has 2 aliphatic rings. The maximum Gasteiger partial charge on any atom is 0.246 e. The summed E-state index contributed by atoms with van der Waals surface area (Å²) in [5.41, 5.74) is 10.7. The first-order valence-electron chi connectivity index (χ1n) is 13.6. The fourth-order valence-electron chi connectivity index (χ4n) is 5.12. The average molecular weight is 523 g/mol. The zero-order chi connectivity index (χ0) is 27.9. The van der Waals surface area contributed by atoms with E-state index in [4.69, 9.17) is 11.5 Å². The third-order valence-corrected chi connectivity index (χ3v) is 7.38. The van der Waals surface area contributed by atoms with E-state index >= 15 is 0 Å². The molecule has 2 fully saturated rings. The molecule has 37 heavy (non-hydrogen) atoms. The van der Waals surface area contributed by atoms with Crippen LogP contribution in [0.3, 0.4) is 0 Å². The Bertz CT molecular complexity index is 847. The van der Waals surface area contributed by atoms with Gasteiger partial charge < -0.3 is 31.5 Å². The van der Waals surface area contributed by atoms with Gasteiger partial charge in [0.2, 0.25) is 29.5 Å². The Labute approximate surface area is 220 Å². The van der Waals surface area contributed by atoms with Gasteiger partial charge in [-0.05, 0) is 50.9 Å². The highest BCUT2D eigenvalue weighted by molar-refractivity contribution is 5.95. The van der Waals surface area contributed by atoms with Gasteiger partial charge in [0.1, 0.15) is 18.1 Å². The van der Waals surface area contributed by atoms with Gasteiger partial charge in [0.05, 0.1) is 6.04 Å². The summed E-state index contributed by atoms with van der Waals surface area (Å²) >= 11 is 0. The van der Waals surface area contributed by atoms with Crippen molar-refractivity contribution < 1.29 is 24.0 Å². The Morgan fingerprint density at radius 3 is 2.05 bits per heavy atom. The second-order valence-electron chi connectivity index (χ2n) is 11.2. The molecule has 2 aliphatic heterocycles. The molecule has 0 spiro atoms. The van der Waals surface area contributed by atoms with Gasteiger partial charge in [-0.2, -0.15) is 0 Å². The fourth-order valence-corrected chi connectivity index (χ4v) is 5.12. The van der Waals surface area contributed by atoms with E-state index < -0.39 is 35.8 Å². The number of hydrogen-bond donors (Lipinski definition) is 3. The predicted octanol–water partition coefficient (Wildman–Crippen LogP) is 0.207. The van der Waals surface area contributed by atoms with Crippen LogP contribution in [-0.2, 0) is 24.0 Å². The van der Waals surface area contributed by atoms with Crippen LogP contribution in [0.5, 0.6) is 0 Å². The van der Waals surface area contributed by atoms with Crippen LogP contribution < -0.4 is 16.8 Å². The van der Waals surface area contributed by atoms with E-state index in [2.05, 4.69) is 33.0 Å².